The van der Waals surface area contributed by atoms with Gasteiger partial charge in [-0.1, -0.05) is 11.6 Å². The van der Waals surface area contributed by atoms with Crippen molar-refractivity contribution < 1.29 is 8.42 Å². The van der Waals surface area contributed by atoms with Gasteiger partial charge in [-0.2, -0.15) is 12.7 Å². The molecule has 18 heavy (non-hydrogen) atoms. The third kappa shape index (κ3) is 3.29. The number of halogens is 1. The Hall–Kier alpha value is -0.960. The van der Waals surface area contributed by atoms with Crippen LogP contribution in [-0.4, -0.2) is 48.9 Å². The van der Waals surface area contributed by atoms with E-state index in [9.17, 15) is 8.42 Å². The largest absolute Gasteiger partial charge is 0.314 e. The van der Waals surface area contributed by atoms with E-state index in [4.69, 9.17) is 11.6 Å². The van der Waals surface area contributed by atoms with Crippen LogP contribution in [0.25, 0.3) is 0 Å². The molecule has 0 amide bonds. The van der Waals surface area contributed by atoms with Gasteiger partial charge in [-0.05, 0) is 13.0 Å². The summed E-state index contributed by atoms with van der Waals surface area (Å²) in [5, 5.41) is 3.29. The molecule has 0 saturated carbocycles. The number of hydrogen-bond donors (Lipinski definition) is 2. The van der Waals surface area contributed by atoms with Gasteiger partial charge in [0, 0.05) is 31.9 Å². The lowest BCUT2D eigenvalue weighted by Crippen LogP contribution is -2.48. The summed E-state index contributed by atoms with van der Waals surface area (Å²) in [5.74, 6) is -0.00136. The zero-order chi connectivity index (χ0) is 13.2. The van der Waals surface area contributed by atoms with Crippen LogP contribution in [0.3, 0.4) is 0 Å². The zero-order valence-electron chi connectivity index (χ0n) is 9.85. The van der Waals surface area contributed by atoms with E-state index in [-0.39, 0.29) is 11.1 Å². The summed E-state index contributed by atoms with van der Waals surface area (Å²) in [6.07, 6.45) is 0. The molecule has 0 spiro atoms. The minimum Gasteiger partial charge on any atom is -0.314 e. The maximum Gasteiger partial charge on any atom is 0.304 e. The van der Waals surface area contributed by atoms with E-state index < -0.39 is 10.2 Å². The molecule has 9 heteroatoms. The smallest absolute Gasteiger partial charge is 0.304 e. The summed E-state index contributed by atoms with van der Waals surface area (Å²) < 4.78 is 27.8. The molecule has 7 nitrogen and oxygen atoms in total. The average Bonchev–Trinajstić information content (AvgIpc) is 2.28. The van der Waals surface area contributed by atoms with Crippen LogP contribution < -0.4 is 10.0 Å². The van der Waals surface area contributed by atoms with Crippen LogP contribution in [0.5, 0.6) is 0 Å². The number of nitrogens with zero attached hydrogens (tertiary/aromatic N) is 3. The second kappa shape index (κ2) is 5.35. The quantitative estimate of drug-likeness (QED) is 0.766. The third-order valence-corrected chi connectivity index (χ3v) is 4.14. The standard InChI is InChI=1S/C9H14ClN5O2S/c1-7-6-8(10)13-9(12-7)14-18(16,17)15-4-2-11-3-5-15/h6,11H,2-5H2,1H3,(H,12,13,14). The molecule has 2 rings (SSSR count). The number of aryl methyl sites for hydroxylation is 1. The summed E-state index contributed by atoms with van der Waals surface area (Å²) in [4.78, 5) is 7.82. The van der Waals surface area contributed by atoms with Crippen molar-refractivity contribution in [1.82, 2.24) is 19.6 Å². The predicted octanol–water partition coefficient (Wildman–Crippen LogP) is 0.000320. The molecule has 0 aliphatic carbocycles. The molecule has 0 aromatic carbocycles. The van der Waals surface area contributed by atoms with Crippen molar-refractivity contribution in [2.45, 2.75) is 6.92 Å². The maximum absolute atomic E-state index is 12.0. The van der Waals surface area contributed by atoms with Crippen LogP contribution in [0.15, 0.2) is 6.07 Å². The van der Waals surface area contributed by atoms with Crippen LogP contribution in [0.4, 0.5) is 5.95 Å². The minimum atomic E-state index is -3.61. The highest BCUT2D eigenvalue weighted by molar-refractivity contribution is 7.90. The number of anilines is 1. The molecule has 2 heterocycles. The Labute approximate surface area is 111 Å². The number of piperazine rings is 1. The lowest BCUT2D eigenvalue weighted by atomic mass is 10.4. The minimum absolute atomic E-state index is 0.00136. The summed E-state index contributed by atoms with van der Waals surface area (Å²) in [6, 6.07) is 1.56. The molecule has 0 atom stereocenters. The van der Waals surface area contributed by atoms with Crippen LogP contribution in [0.1, 0.15) is 5.69 Å². The fourth-order valence-electron chi connectivity index (χ4n) is 1.64. The van der Waals surface area contributed by atoms with E-state index in [1.54, 1.807) is 13.0 Å². The Morgan fingerprint density at radius 3 is 2.67 bits per heavy atom. The number of rotatable bonds is 3. The van der Waals surface area contributed by atoms with E-state index in [2.05, 4.69) is 20.0 Å². The van der Waals surface area contributed by atoms with Crippen LogP contribution in [0.2, 0.25) is 5.15 Å². The molecule has 1 aromatic heterocycles. The van der Waals surface area contributed by atoms with E-state index in [1.165, 1.54) is 4.31 Å². The first kappa shape index (κ1) is 13.5. The Kier molecular flexibility index (Phi) is 4.00. The highest BCUT2D eigenvalue weighted by atomic mass is 35.5. The normalized spacial score (nSPS) is 17.7. The molecule has 1 aromatic rings. The van der Waals surface area contributed by atoms with Gasteiger partial charge in [0.15, 0.2) is 0 Å². The molecule has 100 valence electrons. The first-order valence-electron chi connectivity index (χ1n) is 5.47. The van der Waals surface area contributed by atoms with Gasteiger partial charge in [-0.25, -0.2) is 14.7 Å². The number of nitrogens with one attached hydrogen (secondary N) is 2. The van der Waals surface area contributed by atoms with E-state index in [0.29, 0.717) is 31.9 Å². The summed E-state index contributed by atoms with van der Waals surface area (Å²) in [5.41, 5.74) is 0.605. The highest BCUT2D eigenvalue weighted by Crippen LogP contribution is 2.12. The van der Waals surface area contributed by atoms with Crippen LogP contribution in [0, 0.1) is 6.92 Å². The predicted molar refractivity (Wildman–Crippen MR) is 68.8 cm³/mol. The van der Waals surface area contributed by atoms with Gasteiger partial charge in [-0.15, -0.1) is 0 Å². The molecule has 2 N–H and O–H groups in total. The fourth-order valence-corrected chi connectivity index (χ4v) is 2.99. The highest BCUT2D eigenvalue weighted by Gasteiger charge is 2.24. The number of hydrogen-bond acceptors (Lipinski definition) is 5. The summed E-state index contributed by atoms with van der Waals surface area (Å²) >= 11 is 5.76. The van der Waals surface area contributed by atoms with Crippen molar-refractivity contribution in [1.29, 1.82) is 0 Å². The average molecular weight is 292 g/mol. The Bertz CT molecular complexity index is 510. The molecule has 0 unspecified atom stereocenters. The second-order valence-electron chi connectivity index (χ2n) is 3.91. The zero-order valence-corrected chi connectivity index (χ0v) is 11.4. The van der Waals surface area contributed by atoms with Crippen molar-refractivity contribution in [3.8, 4) is 0 Å². The molecule has 1 aliphatic heterocycles. The Balaban J connectivity index is 2.16. The van der Waals surface area contributed by atoms with Crippen molar-refractivity contribution in [3.05, 3.63) is 16.9 Å². The van der Waals surface area contributed by atoms with Crippen molar-refractivity contribution in [2.24, 2.45) is 0 Å². The summed E-state index contributed by atoms with van der Waals surface area (Å²) in [6.45, 7) is 3.84. The fraction of sp³-hybridized carbons (Fsp3) is 0.556. The first-order valence-corrected chi connectivity index (χ1v) is 7.29. The van der Waals surface area contributed by atoms with Gasteiger partial charge < -0.3 is 5.32 Å². The van der Waals surface area contributed by atoms with Crippen molar-refractivity contribution in [3.63, 3.8) is 0 Å². The van der Waals surface area contributed by atoms with Gasteiger partial charge in [-0.3, -0.25) is 0 Å². The first-order chi connectivity index (χ1) is 8.47. The van der Waals surface area contributed by atoms with Crippen molar-refractivity contribution in [2.75, 3.05) is 30.9 Å². The molecule has 1 aliphatic rings. The van der Waals surface area contributed by atoms with Gasteiger partial charge in [0.2, 0.25) is 5.95 Å². The van der Waals surface area contributed by atoms with Gasteiger partial charge >= 0.3 is 10.2 Å². The van der Waals surface area contributed by atoms with Crippen LogP contribution in [-0.2, 0) is 10.2 Å². The molecular formula is C9H14ClN5O2S. The Morgan fingerprint density at radius 2 is 2.06 bits per heavy atom. The summed E-state index contributed by atoms with van der Waals surface area (Å²) in [7, 11) is -3.61. The maximum atomic E-state index is 12.0. The van der Waals surface area contributed by atoms with E-state index in [1.807, 2.05) is 0 Å². The van der Waals surface area contributed by atoms with Gasteiger partial charge in [0.05, 0.1) is 0 Å². The van der Waals surface area contributed by atoms with Gasteiger partial charge in [0.1, 0.15) is 5.15 Å². The lowest BCUT2D eigenvalue weighted by Gasteiger charge is -2.26. The topological polar surface area (TPSA) is 87.2 Å². The Morgan fingerprint density at radius 1 is 1.39 bits per heavy atom. The SMILES string of the molecule is Cc1cc(Cl)nc(NS(=O)(=O)N2CCNCC2)n1. The van der Waals surface area contributed by atoms with E-state index in [0.717, 1.165) is 0 Å². The third-order valence-electron chi connectivity index (χ3n) is 2.46. The lowest BCUT2D eigenvalue weighted by molar-refractivity contribution is 0.362. The van der Waals surface area contributed by atoms with Gasteiger partial charge in [0.25, 0.3) is 0 Å². The molecule has 1 saturated heterocycles. The molecule has 0 radical (unpaired) electrons. The molecule has 0 bridgehead atoms. The molecule has 1 fully saturated rings. The van der Waals surface area contributed by atoms with Crippen LogP contribution >= 0.6 is 11.6 Å². The second-order valence-corrected chi connectivity index (χ2v) is 5.97. The monoisotopic (exact) mass is 291 g/mol. The van der Waals surface area contributed by atoms with E-state index >= 15 is 0 Å². The molecular weight excluding hydrogens is 278 g/mol. The van der Waals surface area contributed by atoms with Crippen molar-refractivity contribution >= 4 is 27.8 Å². The number of aromatic nitrogens is 2.